The molecule has 0 spiro atoms. The average molecular weight is 344 g/mol. The minimum atomic E-state index is -0.176. The minimum absolute atomic E-state index is 0.176. The highest BCUT2D eigenvalue weighted by Crippen LogP contribution is 2.20. The summed E-state index contributed by atoms with van der Waals surface area (Å²) in [6.45, 7) is 0.474. The third kappa shape index (κ3) is 3.78. The summed E-state index contributed by atoms with van der Waals surface area (Å²) >= 11 is 9.19. The van der Waals surface area contributed by atoms with Gasteiger partial charge in [-0.3, -0.25) is 9.48 Å². The molecule has 0 fully saturated rings. The molecule has 1 amide bonds. The number of benzene rings is 1. The number of aryl methyl sites for hydroxylation is 1. The lowest BCUT2D eigenvalue weighted by Gasteiger charge is -2.06. The van der Waals surface area contributed by atoms with Crippen molar-refractivity contribution >= 4 is 33.4 Å². The van der Waals surface area contributed by atoms with Crippen LogP contribution in [0.15, 0.2) is 29.0 Å². The van der Waals surface area contributed by atoms with Gasteiger partial charge in [0.2, 0.25) is 0 Å². The second kappa shape index (κ2) is 6.16. The van der Waals surface area contributed by atoms with E-state index in [9.17, 15) is 4.79 Å². The van der Waals surface area contributed by atoms with Crippen LogP contribution in [0.25, 0.3) is 0 Å². The van der Waals surface area contributed by atoms with Gasteiger partial charge in [0.05, 0.1) is 5.56 Å². The van der Waals surface area contributed by atoms with Crippen LogP contribution in [0.5, 0.6) is 0 Å². The number of amides is 1. The predicted octanol–water partition coefficient (Wildman–Crippen LogP) is 2.20. The highest BCUT2D eigenvalue weighted by atomic mass is 79.9. The fourth-order valence-electron chi connectivity index (χ4n) is 1.55. The van der Waals surface area contributed by atoms with Gasteiger partial charge in [0.15, 0.2) is 5.82 Å². The number of carbonyl (C=O) groups excluding carboxylic acids is 1. The average Bonchev–Trinajstić information content (AvgIpc) is 2.78. The Bertz CT molecular complexity index is 599. The molecule has 0 aliphatic rings. The lowest BCUT2D eigenvalue weighted by atomic mass is 10.2. The summed E-state index contributed by atoms with van der Waals surface area (Å²) in [7, 11) is 1.80. The molecule has 1 N–H and O–H groups in total. The molecule has 0 atom stereocenters. The summed E-state index contributed by atoms with van der Waals surface area (Å²) in [5, 5.41) is 7.47. The predicted molar refractivity (Wildman–Crippen MR) is 76.2 cm³/mol. The molecule has 100 valence electrons. The number of rotatable bonds is 4. The lowest BCUT2D eigenvalue weighted by molar-refractivity contribution is 0.0953. The number of nitrogens with zero attached hydrogens (tertiary/aromatic N) is 3. The van der Waals surface area contributed by atoms with Gasteiger partial charge in [-0.25, -0.2) is 4.98 Å². The van der Waals surface area contributed by atoms with Gasteiger partial charge in [-0.15, -0.1) is 0 Å². The molecule has 7 heteroatoms. The number of nitrogens with one attached hydrogen (secondary N) is 1. The van der Waals surface area contributed by atoms with E-state index in [1.54, 1.807) is 36.3 Å². The zero-order chi connectivity index (χ0) is 13.8. The normalized spacial score (nSPS) is 10.5. The van der Waals surface area contributed by atoms with E-state index in [0.29, 0.717) is 33.8 Å². The Kier molecular flexibility index (Phi) is 4.55. The van der Waals surface area contributed by atoms with Gasteiger partial charge >= 0.3 is 0 Å². The van der Waals surface area contributed by atoms with Crippen LogP contribution in [0.3, 0.4) is 0 Å². The van der Waals surface area contributed by atoms with Crippen molar-refractivity contribution < 1.29 is 4.79 Å². The van der Waals surface area contributed by atoms with Crippen molar-refractivity contribution in [2.75, 3.05) is 6.54 Å². The molecule has 2 rings (SSSR count). The van der Waals surface area contributed by atoms with Crippen LogP contribution < -0.4 is 5.32 Å². The maximum atomic E-state index is 12.0. The van der Waals surface area contributed by atoms with E-state index in [1.165, 1.54) is 0 Å². The van der Waals surface area contributed by atoms with Crippen LogP contribution in [0, 0.1) is 0 Å². The third-order valence-corrected chi connectivity index (χ3v) is 3.38. The topological polar surface area (TPSA) is 59.8 Å². The number of halogens is 2. The Balaban J connectivity index is 1.92. The van der Waals surface area contributed by atoms with E-state index in [1.807, 2.05) is 0 Å². The SMILES string of the molecule is Cn1cnc(CCNC(=O)c2cc(Cl)ccc2Br)n1. The quantitative estimate of drug-likeness (QED) is 0.926. The van der Waals surface area contributed by atoms with Crippen LogP contribution in [0.4, 0.5) is 0 Å². The van der Waals surface area contributed by atoms with Gasteiger partial charge in [0.1, 0.15) is 6.33 Å². The Labute approximate surface area is 124 Å². The van der Waals surface area contributed by atoms with Crippen molar-refractivity contribution in [1.82, 2.24) is 20.1 Å². The number of hydrogen-bond acceptors (Lipinski definition) is 3. The zero-order valence-electron chi connectivity index (χ0n) is 10.2. The molecule has 1 aromatic carbocycles. The zero-order valence-corrected chi connectivity index (χ0v) is 12.6. The van der Waals surface area contributed by atoms with E-state index in [-0.39, 0.29) is 5.91 Å². The summed E-state index contributed by atoms with van der Waals surface area (Å²) < 4.78 is 2.34. The third-order valence-electron chi connectivity index (χ3n) is 2.45. The molecule has 0 radical (unpaired) electrons. The summed E-state index contributed by atoms with van der Waals surface area (Å²) in [6.07, 6.45) is 2.22. The van der Waals surface area contributed by atoms with E-state index in [2.05, 4.69) is 31.3 Å². The first-order chi connectivity index (χ1) is 9.06. The van der Waals surface area contributed by atoms with Crippen molar-refractivity contribution in [3.8, 4) is 0 Å². The first-order valence-electron chi connectivity index (χ1n) is 5.64. The molecule has 2 aromatic rings. The smallest absolute Gasteiger partial charge is 0.252 e. The second-order valence-corrected chi connectivity index (χ2v) is 5.26. The maximum Gasteiger partial charge on any atom is 0.252 e. The molecule has 5 nitrogen and oxygen atoms in total. The molecule has 1 aromatic heterocycles. The van der Waals surface area contributed by atoms with Crippen LogP contribution in [0.1, 0.15) is 16.2 Å². The van der Waals surface area contributed by atoms with Gasteiger partial charge < -0.3 is 5.32 Å². The van der Waals surface area contributed by atoms with E-state index >= 15 is 0 Å². The monoisotopic (exact) mass is 342 g/mol. The van der Waals surface area contributed by atoms with E-state index < -0.39 is 0 Å². The molecule has 0 bridgehead atoms. The molecule has 1 heterocycles. The highest BCUT2D eigenvalue weighted by Gasteiger charge is 2.10. The standard InChI is InChI=1S/C12H12BrClN4O/c1-18-7-16-11(17-18)4-5-15-12(19)9-6-8(14)2-3-10(9)13/h2-3,6-7H,4-5H2,1H3,(H,15,19). The largest absolute Gasteiger partial charge is 0.352 e. The molecule has 0 saturated carbocycles. The van der Waals surface area contributed by atoms with Crippen LogP contribution in [-0.4, -0.2) is 27.2 Å². The van der Waals surface area contributed by atoms with Crippen molar-refractivity contribution in [2.24, 2.45) is 7.05 Å². The first-order valence-corrected chi connectivity index (χ1v) is 6.81. The van der Waals surface area contributed by atoms with E-state index in [4.69, 9.17) is 11.6 Å². The second-order valence-electron chi connectivity index (χ2n) is 3.96. The van der Waals surface area contributed by atoms with Crippen molar-refractivity contribution in [3.63, 3.8) is 0 Å². The van der Waals surface area contributed by atoms with Gasteiger partial charge in [-0.2, -0.15) is 5.10 Å². The van der Waals surface area contributed by atoms with Crippen molar-refractivity contribution in [2.45, 2.75) is 6.42 Å². The van der Waals surface area contributed by atoms with Crippen LogP contribution >= 0.6 is 27.5 Å². The summed E-state index contributed by atoms with van der Waals surface area (Å²) in [6, 6.07) is 5.10. The Hall–Kier alpha value is -1.40. The van der Waals surface area contributed by atoms with Crippen LogP contribution in [0.2, 0.25) is 5.02 Å². The number of carbonyl (C=O) groups is 1. The first kappa shape index (κ1) is 14.0. The van der Waals surface area contributed by atoms with Crippen LogP contribution in [-0.2, 0) is 13.5 Å². The molecule has 19 heavy (non-hydrogen) atoms. The molecular weight excluding hydrogens is 332 g/mol. The minimum Gasteiger partial charge on any atom is -0.352 e. The summed E-state index contributed by atoms with van der Waals surface area (Å²) in [5.74, 6) is 0.526. The summed E-state index contributed by atoms with van der Waals surface area (Å²) in [5.41, 5.74) is 0.515. The maximum absolute atomic E-state index is 12.0. The van der Waals surface area contributed by atoms with Gasteiger partial charge in [-0.05, 0) is 34.1 Å². The molecule has 0 aliphatic heterocycles. The summed E-state index contributed by atoms with van der Waals surface area (Å²) in [4.78, 5) is 16.1. The fraction of sp³-hybridized carbons (Fsp3) is 0.250. The van der Waals surface area contributed by atoms with Gasteiger partial charge in [0.25, 0.3) is 5.91 Å². The van der Waals surface area contributed by atoms with Crippen molar-refractivity contribution in [1.29, 1.82) is 0 Å². The highest BCUT2D eigenvalue weighted by molar-refractivity contribution is 9.10. The Morgan fingerprint density at radius 1 is 1.53 bits per heavy atom. The lowest BCUT2D eigenvalue weighted by Crippen LogP contribution is -2.26. The fourth-order valence-corrected chi connectivity index (χ4v) is 2.15. The molecular formula is C12H12BrClN4O. The molecule has 0 saturated heterocycles. The number of aromatic nitrogens is 3. The van der Waals surface area contributed by atoms with E-state index in [0.717, 1.165) is 0 Å². The number of hydrogen-bond donors (Lipinski definition) is 1. The van der Waals surface area contributed by atoms with Gasteiger partial charge in [-0.1, -0.05) is 11.6 Å². The Morgan fingerprint density at radius 3 is 3.00 bits per heavy atom. The Morgan fingerprint density at radius 2 is 2.32 bits per heavy atom. The molecule has 0 unspecified atom stereocenters. The molecule has 0 aliphatic carbocycles. The van der Waals surface area contributed by atoms with Gasteiger partial charge in [0, 0.05) is 29.5 Å². The van der Waals surface area contributed by atoms with Crippen molar-refractivity contribution in [3.05, 3.63) is 45.4 Å².